The number of carbonyl (C=O) groups excluding carboxylic acids is 1. The van der Waals surface area contributed by atoms with Crippen LogP contribution in [-0.2, 0) is 4.79 Å². The van der Waals surface area contributed by atoms with E-state index in [2.05, 4.69) is 5.32 Å². The Morgan fingerprint density at radius 1 is 1.15 bits per heavy atom. The highest BCUT2D eigenvalue weighted by Gasteiger charge is 2.25. The van der Waals surface area contributed by atoms with E-state index >= 15 is 0 Å². The van der Waals surface area contributed by atoms with Crippen LogP contribution in [0.2, 0.25) is 0 Å². The molecule has 0 radical (unpaired) electrons. The molecule has 1 fully saturated rings. The Hall–Kier alpha value is -2.82. The van der Waals surface area contributed by atoms with Gasteiger partial charge in [0.05, 0.1) is 7.11 Å². The van der Waals surface area contributed by atoms with Crippen LogP contribution in [-0.4, -0.2) is 22.4 Å². The zero-order chi connectivity index (χ0) is 18.1. The van der Waals surface area contributed by atoms with Crippen molar-refractivity contribution in [2.45, 2.75) is 32.6 Å². The number of aryl methyl sites for hydroxylation is 1. The van der Waals surface area contributed by atoms with Gasteiger partial charge in [0.2, 0.25) is 5.91 Å². The lowest BCUT2D eigenvalue weighted by Crippen LogP contribution is -2.21. The number of nitrogens with one attached hydrogen (secondary N) is 1. The predicted molar refractivity (Wildman–Crippen MR) is 103 cm³/mol. The fourth-order valence-corrected chi connectivity index (χ4v) is 3.63. The lowest BCUT2D eigenvalue weighted by Gasteiger charge is -2.12. The number of methoxy groups -OCH3 is 1. The average molecular weight is 349 g/mol. The van der Waals surface area contributed by atoms with E-state index in [0.29, 0.717) is 0 Å². The molecule has 0 spiro atoms. The van der Waals surface area contributed by atoms with E-state index in [0.717, 1.165) is 59.7 Å². The van der Waals surface area contributed by atoms with Gasteiger partial charge < -0.3 is 10.1 Å². The van der Waals surface area contributed by atoms with Crippen LogP contribution in [0.25, 0.3) is 16.9 Å². The van der Waals surface area contributed by atoms with E-state index in [1.165, 1.54) is 0 Å². The van der Waals surface area contributed by atoms with Crippen LogP contribution >= 0.6 is 0 Å². The summed E-state index contributed by atoms with van der Waals surface area (Å²) in [6.07, 6.45) is 6.23. The van der Waals surface area contributed by atoms with E-state index in [9.17, 15) is 4.79 Å². The van der Waals surface area contributed by atoms with Gasteiger partial charge in [-0.15, -0.1) is 0 Å². The van der Waals surface area contributed by atoms with Gasteiger partial charge in [0, 0.05) is 17.7 Å². The van der Waals surface area contributed by atoms with Gasteiger partial charge in [-0.25, -0.2) is 4.98 Å². The van der Waals surface area contributed by atoms with Crippen LogP contribution in [0.15, 0.2) is 42.6 Å². The van der Waals surface area contributed by atoms with Crippen LogP contribution in [0.1, 0.15) is 31.2 Å². The Bertz CT molecular complexity index is 938. The largest absolute Gasteiger partial charge is 0.497 e. The maximum Gasteiger partial charge on any atom is 0.228 e. The minimum Gasteiger partial charge on any atom is -0.497 e. The fourth-order valence-electron chi connectivity index (χ4n) is 3.63. The van der Waals surface area contributed by atoms with E-state index in [1.54, 1.807) is 7.11 Å². The summed E-state index contributed by atoms with van der Waals surface area (Å²) in [6, 6.07) is 11.8. The number of anilines is 1. The summed E-state index contributed by atoms with van der Waals surface area (Å²) in [5.41, 5.74) is 3.68. The zero-order valence-electron chi connectivity index (χ0n) is 15.2. The number of imidazole rings is 1. The quantitative estimate of drug-likeness (QED) is 0.757. The zero-order valence-corrected chi connectivity index (χ0v) is 15.2. The van der Waals surface area contributed by atoms with Gasteiger partial charge in [0.25, 0.3) is 0 Å². The number of hydrogen-bond donors (Lipinski definition) is 1. The monoisotopic (exact) mass is 349 g/mol. The second-order valence-electron chi connectivity index (χ2n) is 6.94. The summed E-state index contributed by atoms with van der Waals surface area (Å²) in [7, 11) is 1.65. The van der Waals surface area contributed by atoms with Crippen molar-refractivity contribution in [3.63, 3.8) is 0 Å². The summed E-state index contributed by atoms with van der Waals surface area (Å²) in [6.45, 7) is 2.04. The number of pyridine rings is 1. The third-order valence-corrected chi connectivity index (χ3v) is 5.10. The number of carbonyl (C=O) groups is 1. The molecule has 0 unspecified atom stereocenters. The van der Waals surface area contributed by atoms with Gasteiger partial charge in [-0.1, -0.05) is 18.9 Å². The molecule has 0 atom stereocenters. The summed E-state index contributed by atoms with van der Waals surface area (Å²) in [4.78, 5) is 17.5. The standard InChI is InChI=1S/C21H23N3O2/c1-14-7-12-18-22-19(15-8-10-17(26-2)11-9-15)20(24(18)13-14)23-21(25)16-5-3-4-6-16/h7-13,16H,3-6H2,1-2H3,(H,23,25). The van der Waals surface area contributed by atoms with Crippen molar-refractivity contribution in [3.8, 4) is 17.0 Å². The number of fused-ring (bicyclic) bond motifs is 1. The van der Waals surface area contributed by atoms with E-state index in [4.69, 9.17) is 9.72 Å². The van der Waals surface area contributed by atoms with Crippen LogP contribution < -0.4 is 10.1 Å². The highest BCUT2D eigenvalue weighted by molar-refractivity contribution is 5.96. The topological polar surface area (TPSA) is 55.6 Å². The first-order chi connectivity index (χ1) is 12.7. The number of aromatic nitrogens is 2. The maximum absolute atomic E-state index is 12.8. The van der Waals surface area contributed by atoms with Crippen molar-refractivity contribution in [2.75, 3.05) is 12.4 Å². The second-order valence-corrected chi connectivity index (χ2v) is 6.94. The minimum atomic E-state index is 0.0977. The molecule has 134 valence electrons. The summed E-state index contributed by atoms with van der Waals surface area (Å²) < 4.78 is 7.22. The van der Waals surface area contributed by atoms with Crippen molar-refractivity contribution < 1.29 is 9.53 Å². The van der Waals surface area contributed by atoms with Gasteiger partial charge in [-0.05, 0) is 55.7 Å². The highest BCUT2D eigenvalue weighted by Crippen LogP contribution is 2.32. The molecule has 0 aliphatic heterocycles. The molecule has 26 heavy (non-hydrogen) atoms. The SMILES string of the molecule is COc1ccc(-c2nc3ccc(C)cn3c2NC(=O)C2CCCC2)cc1. The first-order valence-corrected chi connectivity index (χ1v) is 9.10. The first-order valence-electron chi connectivity index (χ1n) is 9.10. The molecule has 4 rings (SSSR count). The molecule has 5 nitrogen and oxygen atoms in total. The van der Waals surface area contributed by atoms with Gasteiger partial charge in [0.15, 0.2) is 0 Å². The highest BCUT2D eigenvalue weighted by atomic mass is 16.5. The number of ether oxygens (including phenoxy) is 1. The molecular weight excluding hydrogens is 326 g/mol. The van der Waals surface area contributed by atoms with E-state index in [-0.39, 0.29) is 11.8 Å². The molecule has 1 saturated carbocycles. The van der Waals surface area contributed by atoms with Crippen LogP contribution in [0, 0.1) is 12.8 Å². The van der Waals surface area contributed by atoms with Gasteiger partial charge in [-0.2, -0.15) is 0 Å². The first kappa shape index (κ1) is 16.6. The lowest BCUT2D eigenvalue weighted by molar-refractivity contribution is -0.119. The normalized spacial score (nSPS) is 14.7. The number of amides is 1. The molecule has 5 heteroatoms. The van der Waals surface area contributed by atoms with Gasteiger partial charge in [0.1, 0.15) is 22.9 Å². The summed E-state index contributed by atoms with van der Waals surface area (Å²) in [5.74, 6) is 1.74. The smallest absolute Gasteiger partial charge is 0.228 e. The minimum absolute atomic E-state index is 0.0977. The van der Waals surface area contributed by atoms with Crippen LogP contribution in [0.3, 0.4) is 0 Å². The molecule has 2 aromatic heterocycles. The van der Waals surface area contributed by atoms with Crippen molar-refractivity contribution in [2.24, 2.45) is 5.92 Å². The van der Waals surface area contributed by atoms with E-state index < -0.39 is 0 Å². The van der Waals surface area contributed by atoms with Crippen molar-refractivity contribution in [3.05, 3.63) is 48.2 Å². The van der Waals surface area contributed by atoms with E-state index in [1.807, 2.05) is 53.9 Å². The second kappa shape index (κ2) is 6.83. The Morgan fingerprint density at radius 2 is 1.88 bits per heavy atom. The van der Waals surface area contributed by atoms with Gasteiger partial charge in [-0.3, -0.25) is 9.20 Å². The molecule has 1 aliphatic carbocycles. The maximum atomic E-state index is 12.8. The van der Waals surface area contributed by atoms with Crippen molar-refractivity contribution in [1.29, 1.82) is 0 Å². The predicted octanol–water partition coefficient (Wildman–Crippen LogP) is 4.45. The third-order valence-electron chi connectivity index (χ3n) is 5.10. The third kappa shape index (κ3) is 3.05. The summed E-state index contributed by atoms with van der Waals surface area (Å²) >= 11 is 0. The molecule has 0 bridgehead atoms. The van der Waals surface area contributed by atoms with Crippen molar-refractivity contribution >= 4 is 17.4 Å². The van der Waals surface area contributed by atoms with Gasteiger partial charge >= 0.3 is 0 Å². The van der Waals surface area contributed by atoms with Crippen LogP contribution in [0.5, 0.6) is 5.75 Å². The Morgan fingerprint density at radius 3 is 2.58 bits per heavy atom. The molecule has 1 aromatic carbocycles. The van der Waals surface area contributed by atoms with Crippen molar-refractivity contribution in [1.82, 2.24) is 9.38 Å². The Labute approximate surface area is 153 Å². The molecule has 2 heterocycles. The molecule has 0 saturated heterocycles. The Kier molecular flexibility index (Phi) is 4.37. The number of rotatable bonds is 4. The van der Waals surface area contributed by atoms with Crippen LogP contribution in [0.4, 0.5) is 5.82 Å². The summed E-state index contributed by atoms with van der Waals surface area (Å²) in [5, 5.41) is 3.16. The molecule has 1 N–H and O–H groups in total. The number of hydrogen-bond acceptors (Lipinski definition) is 3. The number of nitrogens with zero attached hydrogens (tertiary/aromatic N) is 2. The Balaban J connectivity index is 1.78. The molecule has 3 aromatic rings. The fraction of sp³-hybridized carbons (Fsp3) is 0.333. The molecule has 1 aliphatic rings. The molecular formula is C21H23N3O2. The average Bonchev–Trinajstić information content (AvgIpc) is 3.31. The lowest BCUT2D eigenvalue weighted by atomic mass is 10.1. The molecule has 1 amide bonds. The number of benzene rings is 1.